The molecule has 4 heteroatoms. The second-order valence-corrected chi connectivity index (χ2v) is 9.82. The number of hydrogen-bond donors (Lipinski definition) is 0. The lowest BCUT2D eigenvalue weighted by Crippen LogP contribution is -1.95. The van der Waals surface area contributed by atoms with E-state index in [1.54, 1.807) is 6.08 Å². The summed E-state index contributed by atoms with van der Waals surface area (Å²) in [5.74, 6) is 0. The van der Waals surface area contributed by atoms with E-state index < -0.39 is 0 Å². The molecule has 0 fully saturated rings. The van der Waals surface area contributed by atoms with Crippen LogP contribution >= 0.6 is 0 Å². The van der Waals surface area contributed by atoms with Crippen molar-refractivity contribution in [1.29, 1.82) is 5.26 Å². The van der Waals surface area contributed by atoms with Crippen LogP contribution in [0.1, 0.15) is 23.9 Å². The van der Waals surface area contributed by atoms with Crippen molar-refractivity contribution in [3.8, 4) is 28.5 Å². The van der Waals surface area contributed by atoms with Crippen molar-refractivity contribution in [2.24, 2.45) is 0 Å². The lowest BCUT2D eigenvalue weighted by Gasteiger charge is -2.12. The lowest BCUT2D eigenvalue weighted by molar-refractivity contribution is 1.24. The molecule has 0 spiro atoms. The van der Waals surface area contributed by atoms with E-state index in [4.69, 9.17) is 9.97 Å². The number of pyridine rings is 2. The van der Waals surface area contributed by atoms with Crippen LogP contribution in [-0.4, -0.2) is 14.4 Å². The molecule has 0 aliphatic rings. The molecule has 40 heavy (non-hydrogen) atoms. The fourth-order valence-corrected chi connectivity index (χ4v) is 5.56. The molecule has 0 aliphatic heterocycles. The normalized spacial score (nSPS) is 11.6. The Kier molecular flexibility index (Phi) is 5.50. The number of nitrogens with zero attached hydrogens (tertiary/aromatic N) is 4. The van der Waals surface area contributed by atoms with Gasteiger partial charge >= 0.3 is 0 Å². The van der Waals surface area contributed by atoms with Crippen molar-refractivity contribution < 1.29 is 0 Å². The van der Waals surface area contributed by atoms with E-state index in [9.17, 15) is 5.26 Å². The Labute approximate surface area is 231 Å². The van der Waals surface area contributed by atoms with Crippen LogP contribution in [0.2, 0.25) is 0 Å². The van der Waals surface area contributed by atoms with Crippen LogP contribution in [0.25, 0.3) is 72.8 Å². The zero-order chi connectivity index (χ0) is 27.2. The number of benzene rings is 4. The molecule has 7 rings (SSSR count). The summed E-state index contributed by atoms with van der Waals surface area (Å²) in [7, 11) is 0. The minimum Gasteiger partial charge on any atom is -0.292 e. The van der Waals surface area contributed by atoms with Gasteiger partial charge in [-0.15, -0.1) is 0 Å². The molecule has 3 heterocycles. The van der Waals surface area contributed by atoms with Gasteiger partial charge in [0.2, 0.25) is 0 Å². The van der Waals surface area contributed by atoms with Crippen molar-refractivity contribution in [3.63, 3.8) is 0 Å². The van der Waals surface area contributed by atoms with Gasteiger partial charge in [-0.25, -0.2) is 9.97 Å². The van der Waals surface area contributed by atoms with Gasteiger partial charge in [-0.05, 0) is 72.0 Å². The molecule has 0 aliphatic carbocycles. The zero-order valence-electron chi connectivity index (χ0n) is 22.0. The number of nitriles is 1. The van der Waals surface area contributed by atoms with Crippen molar-refractivity contribution in [2.45, 2.75) is 6.92 Å². The summed E-state index contributed by atoms with van der Waals surface area (Å²) in [6.45, 7) is 5.98. The topological polar surface area (TPSA) is 54.0 Å². The first-order chi connectivity index (χ1) is 19.7. The molecule has 4 nitrogen and oxygen atoms in total. The molecule has 3 aromatic heterocycles. The van der Waals surface area contributed by atoms with Gasteiger partial charge in [0.15, 0.2) is 0 Å². The third-order valence-electron chi connectivity index (χ3n) is 7.49. The minimum absolute atomic E-state index is 0.613. The first kappa shape index (κ1) is 23.6. The smallest absolute Gasteiger partial charge is 0.146 e. The first-order valence-electron chi connectivity index (χ1n) is 13.2. The van der Waals surface area contributed by atoms with Gasteiger partial charge in [-0.1, -0.05) is 73.3 Å². The quantitative estimate of drug-likeness (QED) is 0.221. The molecule has 0 amide bonds. The number of para-hydroxylation sites is 1. The van der Waals surface area contributed by atoms with Gasteiger partial charge < -0.3 is 0 Å². The van der Waals surface area contributed by atoms with Gasteiger partial charge in [-0.3, -0.25) is 4.40 Å². The Balaban J connectivity index is 1.40. The molecular weight excluding hydrogens is 488 g/mol. The highest BCUT2D eigenvalue weighted by Gasteiger charge is 2.16. The van der Waals surface area contributed by atoms with E-state index in [1.165, 1.54) is 0 Å². The second-order valence-electron chi connectivity index (χ2n) is 9.82. The maximum atomic E-state index is 9.65. The van der Waals surface area contributed by atoms with Gasteiger partial charge in [0, 0.05) is 21.7 Å². The lowest BCUT2D eigenvalue weighted by atomic mass is 9.97. The first-order valence-corrected chi connectivity index (χ1v) is 13.2. The van der Waals surface area contributed by atoms with Gasteiger partial charge in [0.05, 0.1) is 39.7 Å². The highest BCUT2D eigenvalue weighted by atomic mass is 15.0. The summed E-state index contributed by atoms with van der Waals surface area (Å²) in [5.41, 5.74) is 9.46. The van der Waals surface area contributed by atoms with E-state index >= 15 is 0 Å². The van der Waals surface area contributed by atoms with E-state index in [2.05, 4.69) is 77.7 Å². The van der Waals surface area contributed by atoms with Crippen molar-refractivity contribution in [3.05, 3.63) is 127 Å². The van der Waals surface area contributed by atoms with Crippen molar-refractivity contribution in [2.75, 3.05) is 0 Å². The summed E-state index contributed by atoms with van der Waals surface area (Å²) in [5, 5.41) is 14.0. The van der Waals surface area contributed by atoms with Gasteiger partial charge in [-0.2, -0.15) is 5.26 Å². The van der Waals surface area contributed by atoms with E-state index in [0.29, 0.717) is 5.56 Å². The van der Waals surface area contributed by atoms with E-state index in [-0.39, 0.29) is 0 Å². The Hall–Kier alpha value is -5.53. The molecule has 0 saturated heterocycles. The summed E-state index contributed by atoms with van der Waals surface area (Å²) in [6, 6.07) is 35.6. The number of imidazole rings is 1. The minimum atomic E-state index is 0.613. The summed E-state index contributed by atoms with van der Waals surface area (Å²) in [4.78, 5) is 9.81. The van der Waals surface area contributed by atoms with Gasteiger partial charge in [0.1, 0.15) is 5.65 Å². The zero-order valence-corrected chi connectivity index (χ0v) is 22.0. The highest BCUT2D eigenvalue weighted by molar-refractivity contribution is 6.13. The molecule has 0 bridgehead atoms. The molecule has 4 aromatic carbocycles. The standard InChI is InChI=1S/C36H24N4/c1-3-7-34-31(4-2)39-36-29-18-15-27(21-30(29)28-17-10-23(22-37)20-35(28)40(34)36)24-11-13-26(14-12-24)33-19-16-25-8-5-6-9-32(25)38-33/h3-21H,2H2,1H3/b7-3-. The molecule has 188 valence electrons. The molecular formula is C36H24N4. The third kappa shape index (κ3) is 3.68. The van der Waals surface area contributed by atoms with Crippen LogP contribution in [0, 0.1) is 11.3 Å². The molecule has 0 saturated carbocycles. The van der Waals surface area contributed by atoms with Crippen LogP contribution < -0.4 is 0 Å². The Morgan fingerprint density at radius 2 is 1.55 bits per heavy atom. The van der Waals surface area contributed by atoms with E-state index in [0.717, 1.165) is 72.0 Å². The third-order valence-corrected chi connectivity index (χ3v) is 7.49. The van der Waals surface area contributed by atoms with Crippen LogP contribution in [0.15, 0.2) is 110 Å². The average molecular weight is 513 g/mol. The maximum Gasteiger partial charge on any atom is 0.146 e. The largest absolute Gasteiger partial charge is 0.292 e. The Morgan fingerprint density at radius 3 is 2.35 bits per heavy atom. The predicted octanol–water partition coefficient (Wildman–Crippen LogP) is 9.07. The number of hydrogen-bond acceptors (Lipinski definition) is 3. The van der Waals surface area contributed by atoms with Crippen LogP contribution in [0.4, 0.5) is 0 Å². The van der Waals surface area contributed by atoms with Gasteiger partial charge in [0.25, 0.3) is 0 Å². The molecule has 7 aromatic rings. The fourth-order valence-electron chi connectivity index (χ4n) is 5.56. The highest BCUT2D eigenvalue weighted by Crippen LogP contribution is 2.35. The second kappa shape index (κ2) is 9.34. The SMILES string of the molecule is C=Cc1nc2c3ccc(-c4ccc(-c5ccc6ccccc6n5)cc4)cc3c3ccc(C#N)cc3n2c1/C=C\C. The Bertz CT molecular complexity index is 2190. The molecule has 0 atom stereocenters. The van der Waals surface area contributed by atoms with E-state index in [1.807, 2.05) is 55.5 Å². The Morgan fingerprint density at radius 1 is 0.775 bits per heavy atom. The van der Waals surface area contributed by atoms with Crippen LogP contribution in [0.3, 0.4) is 0 Å². The molecule has 0 unspecified atom stereocenters. The summed E-state index contributed by atoms with van der Waals surface area (Å²) in [6.07, 6.45) is 5.83. The average Bonchev–Trinajstić information content (AvgIpc) is 3.39. The van der Waals surface area contributed by atoms with Crippen molar-refractivity contribution >= 4 is 50.4 Å². The van der Waals surface area contributed by atoms with Crippen LogP contribution in [0.5, 0.6) is 0 Å². The summed E-state index contributed by atoms with van der Waals surface area (Å²) >= 11 is 0. The van der Waals surface area contributed by atoms with Crippen LogP contribution in [-0.2, 0) is 0 Å². The number of allylic oxidation sites excluding steroid dienone is 1. The summed E-state index contributed by atoms with van der Waals surface area (Å²) < 4.78 is 2.14. The number of aromatic nitrogens is 3. The fraction of sp³-hybridized carbons (Fsp3) is 0.0278. The predicted molar refractivity (Wildman–Crippen MR) is 166 cm³/mol. The van der Waals surface area contributed by atoms with Crippen molar-refractivity contribution in [1.82, 2.24) is 14.4 Å². The molecule has 0 radical (unpaired) electrons. The number of fused-ring (bicyclic) bond motifs is 7. The molecule has 0 N–H and O–H groups in total. The monoisotopic (exact) mass is 512 g/mol. The maximum absolute atomic E-state index is 9.65. The number of rotatable bonds is 4.